The zero-order valence-corrected chi connectivity index (χ0v) is 21.6. The average Bonchev–Trinajstić information content (AvgIpc) is 3.32. The molecule has 1 amide bonds. The van der Waals surface area contributed by atoms with Gasteiger partial charge in [0.2, 0.25) is 5.91 Å². The number of para-hydroxylation sites is 1. The van der Waals surface area contributed by atoms with Gasteiger partial charge < -0.3 is 16.4 Å². The Morgan fingerprint density at radius 1 is 0.872 bits per heavy atom. The van der Waals surface area contributed by atoms with E-state index in [-0.39, 0.29) is 5.91 Å². The van der Waals surface area contributed by atoms with Crippen molar-refractivity contribution in [2.24, 2.45) is 0 Å². The molecule has 0 saturated heterocycles. The van der Waals surface area contributed by atoms with Crippen molar-refractivity contribution in [3.63, 3.8) is 0 Å². The summed E-state index contributed by atoms with van der Waals surface area (Å²) in [6, 6.07) is 31.8. The van der Waals surface area contributed by atoms with Crippen LogP contribution < -0.4 is 21.8 Å². The van der Waals surface area contributed by atoms with Crippen LogP contribution in [0.5, 0.6) is 0 Å². The standard InChI is InChI=1S/C31H27BN6O/c32-26-19-35-38-29(17-28(37-31(26)38)25-10-3-4-11-27(25)33)34-18-21-6-5-9-24(15-21)36-30(39)16-20-12-13-22-7-1-2-8-23(22)14-20/h1-15,17,19,34H,16,18,32-33H2,(H,36,39). The molecule has 4 N–H and O–H groups in total. The molecule has 0 fully saturated rings. The number of rotatable bonds is 7. The van der Waals surface area contributed by atoms with Crippen LogP contribution in [0.2, 0.25) is 0 Å². The molecule has 0 unspecified atom stereocenters. The molecule has 190 valence electrons. The van der Waals surface area contributed by atoms with Crippen molar-refractivity contribution in [1.82, 2.24) is 14.6 Å². The van der Waals surface area contributed by atoms with Gasteiger partial charge in [0.1, 0.15) is 13.7 Å². The lowest BCUT2D eigenvalue weighted by Crippen LogP contribution is -2.14. The first-order valence-corrected chi connectivity index (χ1v) is 12.8. The number of nitrogens with one attached hydrogen (secondary N) is 2. The number of aromatic nitrogens is 3. The number of nitrogens with two attached hydrogens (primary N) is 1. The maximum Gasteiger partial charge on any atom is 0.228 e. The third-order valence-electron chi connectivity index (χ3n) is 6.75. The van der Waals surface area contributed by atoms with Gasteiger partial charge in [-0.1, -0.05) is 72.8 Å². The molecule has 0 aliphatic rings. The average molecular weight is 510 g/mol. The fourth-order valence-electron chi connectivity index (χ4n) is 4.76. The first-order valence-electron chi connectivity index (χ1n) is 12.8. The normalized spacial score (nSPS) is 11.1. The molecular weight excluding hydrogens is 483 g/mol. The van der Waals surface area contributed by atoms with Crippen LogP contribution in [-0.4, -0.2) is 28.4 Å². The van der Waals surface area contributed by atoms with Gasteiger partial charge in [-0.15, -0.1) is 0 Å². The van der Waals surface area contributed by atoms with E-state index in [1.807, 2.05) is 80.6 Å². The third-order valence-corrected chi connectivity index (χ3v) is 6.75. The van der Waals surface area contributed by atoms with Crippen LogP contribution in [0.4, 0.5) is 17.2 Å². The van der Waals surface area contributed by atoms with Gasteiger partial charge in [0.05, 0.1) is 12.1 Å². The highest BCUT2D eigenvalue weighted by molar-refractivity contribution is 6.36. The maximum absolute atomic E-state index is 12.8. The molecule has 39 heavy (non-hydrogen) atoms. The van der Waals surface area contributed by atoms with E-state index in [0.29, 0.717) is 18.7 Å². The lowest BCUT2D eigenvalue weighted by Gasteiger charge is -2.13. The van der Waals surface area contributed by atoms with E-state index in [1.54, 1.807) is 10.7 Å². The molecule has 6 aromatic rings. The number of carbonyl (C=O) groups is 1. The summed E-state index contributed by atoms with van der Waals surface area (Å²) < 4.78 is 1.80. The number of nitrogen functional groups attached to an aromatic ring is 1. The number of amides is 1. The molecule has 4 aromatic carbocycles. The van der Waals surface area contributed by atoms with Crippen LogP contribution in [0.15, 0.2) is 103 Å². The summed E-state index contributed by atoms with van der Waals surface area (Å²) in [5.41, 5.74) is 13.1. The molecule has 8 heteroatoms. The van der Waals surface area contributed by atoms with Crippen LogP contribution in [0, 0.1) is 0 Å². The van der Waals surface area contributed by atoms with Crippen molar-refractivity contribution in [1.29, 1.82) is 0 Å². The predicted molar refractivity (Wildman–Crippen MR) is 161 cm³/mol. The van der Waals surface area contributed by atoms with Gasteiger partial charge in [-0.25, -0.2) is 4.98 Å². The van der Waals surface area contributed by atoms with Gasteiger partial charge in [-0.3, -0.25) is 4.79 Å². The molecule has 0 aliphatic carbocycles. The van der Waals surface area contributed by atoms with Crippen molar-refractivity contribution in [3.05, 3.63) is 114 Å². The van der Waals surface area contributed by atoms with Crippen LogP contribution in [0.1, 0.15) is 11.1 Å². The number of benzene rings is 4. The second-order valence-electron chi connectivity index (χ2n) is 9.64. The topological polar surface area (TPSA) is 97.3 Å². The first-order chi connectivity index (χ1) is 19.0. The van der Waals surface area contributed by atoms with Crippen LogP contribution in [-0.2, 0) is 17.8 Å². The Hall–Kier alpha value is -5.11. The number of fused-ring (bicyclic) bond motifs is 2. The monoisotopic (exact) mass is 510 g/mol. The Morgan fingerprint density at radius 2 is 1.69 bits per heavy atom. The van der Waals surface area contributed by atoms with E-state index < -0.39 is 0 Å². The Kier molecular flexibility index (Phi) is 6.43. The second-order valence-corrected chi connectivity index (χ2v) is 9.64. The van der Waals surface area contributed by atoms with Crippen molar-refractivity contribution >= 4 is 52.8 Å². The number of carbonyl (C=O) groups excluding carboxylic acids is 1. The first kappa shape index (κ1) is 24.2. The molecule has 0 bridgehead atoms. The third kappa shape index (κ3) is 5.17. The van der Waals surface area contributed by atoms with Crippen molar-refractivity contribution in [2.75, 3.05) is 16.4 Å². The lowest BCUT2D eigenvalue weighted by molar-refractivity contribution is -0.115. The summed E-state index contributed by atoms with van der Waals surface area (Å²) in [6.45, 7) is 0.538. The molecule has 0 radical (unpaired) electrons. The highest BCUT2D eigenvalue weighted by atomic mass is 16.1. The largest absolute Gasteiger partial charge is 0.398 e. The molecule has 7 nitrogen and oxygen atoms in total. The van der Waals surface area contributed by atoms with Crippen molar-refractivity contribution in [2.45, 2.75) is 13.0 Å². The van der Waals surface area contributed by atoms with E-state index >= 15 is 0 Å². The van der Waals surface area contributed by atoms with Gasteiger partial charge in [0.15, 0.2) is 5.65 Å². The Morgan fingerprint density at radius 3 is 2.56 bits per heavy atom. The summed E-state index contributed by atoms with van der Waals surface area (Å²) in [5.74, 6) is 0.750. The Labute approximate surface area is 227 Å². The summed E-state index contributed by atoms with van der Waals surface area (Å²) in [7, 11) is 1.99. The van der Waals surface area contributed by atoms with E-state index in [4.69, 9.17) is 10.7 Å². The summed E-state index contributed by atoms with van der Waals surface area (Å²) >= 11 is 0. The number of hydrogen-bond acceptors (Lipinski definition) is 5. The molecule has 2 heterocycles. The van der Waals surface area contributed by atoms with E-state index in [9.17, 15) is 4.79 Å². The summed E-state index contributed by atoms with van der Waals surface area (Å²) in [6.07, 6.45) is 2.11. The number of anilines is 3. The van der Waals surface area contributed by atoms with E-state index in [1.165, 1.54) is 0 Å². The zero-order valence-electron chi connectivity index (χ0n) is 21.6. The number of nitrogens with zero attached hydrogens (tertiary/aromatic N) is 3. The summed E-state index contributed by atoms with van der Waals surface area (Å²) in [5, 5.41) is 13.3. The molecule has 0 aliphatic heterocycles. The molecular formula is C31H27BN6O. The molecule has 0 saturated carbocycles. The van der Waals surface area contributed by atoms with Gasteiger partial charge in [0.25, 0.3) is 0 Å². The lowest BCUT2D eigenvalue weighted by atomic mass is 10.0. The van der Waals surface area contributed by atoms with Crippen molar-refractivity contribution < 1.29 is 4.79 Å². The van der Waals surface area contributed by atoms with E-state index in [2.05, 4.69) is 40.0 Å². The zero-order chi connectivity index (χ0) is 26.8. The maximum atomic E-state index is 12.8. The minimum absolute atomic E-state index is 0.0525. The van der Waals surface area contributed by atoms with Crippen molar-refractivity contribution in [3.8, 4) is 11.3 Å². The minimum Gasteiger partial charge on any atom is -0.398 e. The Bertz CT molecular complexity index is 1830. The minimum atomic E-state index is -0.0525. The highest BCUT2D eigenvalue weighted by Crippen LogP contribution is 2.27. The quantitative estimate of drug-likeness (QED) is 0.221. The second kappa shape index (κ2) is 10.3. The van der Waals surface area contributed by atoms with E-state index in [0.717, 1.165) is 55.8 Å². The smallest absolute Gasteiger partial charge is 0.228 e. The van der Waals surface area contributed by atoms with Gasteiger partial charge in [-0.05, 0) is 45.6 Å². The summed E-state index contributed by atoms with van der Waals surface area (Å²) in [4.78, 5) is 17.6. The molecule has 2 aromatic heterocycles. The van der Waals surface area contributed by atoms with Gasteiger partial charge in [0, 0.05) is 35.7 Å². The fraction of sp³-hybridized carbons (Fsp3) is 0.0645. The predicted octanol–water partition coefficient (Wildman–Crippen LogP) is 4.18. The number of hydrogen-bond donors (Lipinski definition) is 3. The van der Waals surface area contributed by atoms with Crippen LogP contribution in [0.25, 0.3) is 27.7 Å². The van der Waals surface area contributed by atoms with Gasteiger partial charge >= 0.3 is 0 Å². The molecule has 0 atom stereocenters. The van der Waals surface area contributed by atoms with Crippen LogP contribution >= 0.6 is 0 Å². The molecule has 6 rings (SSSR count). The van der Waals surface area contributed by atoms with Gasteiger partial charge in [-0.2, -0.15) is 9.61 Å². The molecule has 0 spiro atoms. The highest BCUT2D eigenvalue weighted by Gasteiger charge is 2.13. The van der Waals surface area contributed by atoms with Crippen LogP contribution in [0.3, 0.4) is 0 Å². The fourth-order valence-corrected chi connectivity index (χ4v) is 4.76. The Balaban J connectivity index is 1.18. The SMILES string of the molecule is Bc1cnn2c(NCc3cccc(NC(=O)Cc4ccc5ccccc5c4)c3)cc(-c3ccccc3N)nc12.